The molecule has 1 heterocycles. The Morgan fingerprint density at radius 2 is 1.76 bits per heavy atom. The second kappa shape index (κ2) is 5.28. The second-order valence-electron chi connectivity index (χ2n) is 5.78. The zero-order chi connectivity index (χ0) is 15.0. The topological polar surface area (TPSA) is 32.7 Å². The van der Waals surface area contributed by atoms with Crippen LogP contribution in [0, 0.1) is 42.9 Å². The normalized spacial score (nSPS) is 28.0. The van der Waals surface area contributed by atoms with E-state index in [9.17, 15) is 4.79 Å². The van der Waals surface area contributed by atoms with E-state index >= 15 is 0 Å². The van der Waals surface area contributed by atoms with E-state index < -0.39 is 5.41 Å². The van der Waals surface area contributed by atoms with Crippen LogP contribution in [-0.2, 0) is 4.79 Å². The summed E-state index contributed by atoms with van der Waals surface area (Å²) in [6, 6.07) is 9.60. The summed E-state index contributed by atoms with van der Waals surface area (Å²) in [6.45, 7) is 6.04. The standard InChI is InChI=1S/C18H19N2O/c1-13(15-9-7-8-10-15)18(3)14(2)19-20(17(18)21)16-11-5-4-6-12-16/h4-13H,1-3H3. The van der Waals surface area contributed by atoms with Gasteiger partial charge < -0.3 is 0 Å². The van der Waals surface area contributed by atoms with E-state index in [1.54, 1.807) is 0 Å². The van der Waals surface area contributed by atoms with Crippen molar-refractivity contribution in [2.24, 2.45) is 16.4 Å². The highest BCUT2D eigenvalue weighted by molar-refractivity contribution is 6.18. The fraction of sp³-hybridized carbons (Fsp3) is 0.278. The quantitative estimate of drug-likeness (QED) is 0.834. The average Bonchev–Trinajstić information content (AvgIpc) is 3.11. The highest BCUT2D eigenvalue weighted by Gasteiger charge is 2.51. The lowest BCUT2D eigenvalue weighted by Crippen LogP contribution is -2.43. The van der Waals surface area contributed by atoms with E-state index in [-0.39, 0.29) is 11.8 Å². The predicted octanol–water partition coefficient (Wildman–Crippen LogP) is 3.46. The first-order valence-electron chi connectivity index (χ1n) is 7.22. The molecule has 2 unspecified atom stereocenters. The zero-order valence-electron chi connectivity index (χ0n) is 12.6. The van der Waals surface area contributed by atoms with Crippen LogP contribution in [0.25, 0.3) is 0 Å². The molecule has 107 valence electrons. The first-order chi connectivity index (χ1) is 10.0. The van der Waals surface area contributed by atoms with Crippen LogP contribution in [-0.4, -0.2) is 11.6 Å². The smallest absolute Gasteiger partial charge is 0.259 e. The van der Waals surface area contributed by atoms with Crippen LogP contribution < -0.4 is 5.01 Å². The number of carbonyl (C=O) groups excluding carboxylic acids is 1. The number of carbonyl (C=O) groups is 1. The molecule has 0 aromatic heterocycles. The van der Waals surface area contributed by atoms with E-state index in [0.29, 0.717) is 0 Å². The maximum Gasteiger partial charge on any atom is 0.259 e. The van der Waals surface area contributed by atoms with Gasteiger partial charge in [0.05, 0.1) is 16.8 Å². The predicted molar refractivity (Wildman–Crippen MR) is 84.8 cm³/mol. The molecule has 1 amide bonds. The fourth-order valence-electron chi connectivity index (χ4n) is 2.93. The number of benzene rings is 1. The Labute approximate surface area is 127 Å². The molecule has 0 bridgehead atoms. The van der Waals surface area contributed by atoms with Gasteiger partial charge in [-0.05, 0) is 63.5 Å². The maximum absolute atomic E-state index is 13.0. The Morgan fingerprint density at radius 3 is 2.38 bits per heavy atom. The van der Waals surface area contributed by atoms with Gasteiger partial charge in [0.15, 0.2) is 0 Å². The molecule has 2 aliphatic rings. The molecule has 0 N–H and O–H groups in total. The Kier molecular flexibility index (Phi) is 3.60. The molecule has 21 heavy (non-hydrogen) atoms. The van der Waals surface area contributed by atoms with Crippen molar-refractivity contribution in [1.82, 2.24) is 0 Å². The zero-order valence-corrected chi connectivity index (χ0v) is 12.6. The molecule has 1 aromatic rings. The molecule has 1 saturated carbocycles. The summed E-state index contributed by atoms with van der Waals surface area (Å²) in [7, 11) is 0. The lowest BCUT2D eigenvalue weighted by molar-refractivity contribution is -0.124. The van der Waals surface area contributed by atoms with Gasteiger partial charge in [0.25, 0.3) is 5.91 Å². The van der Waals surface area contributed by atoms with Gasteiger partial charge in [0.1, 0.15) is 0 Å². The first-order valence-corrected chi connectivity index (χ1v) is 7.22. The second-order valence-corrected chi connectivity index (χ2v) is 5.78. The Balaban J connectivity index is 1.90. The summed E-state index contributed by atoms with van der Waals surface area (Å²) in [5, 5.41) is 6.06. The van der Waals surface area contributed by atoms with Crippen molar-refractivity contribution in [1.29, 1.82) is 0 Å². The minimum atomic E-state index is -0.593. The van der Waals surface area contributed by atoms with Crippen LogP contribution >= 0.6 is 0 Å². The molecule has 1 fully saturated rings. The molecule has 3 heteroatoms. The van der Waals surface area contributed by atoms with Crippen LogP contribution in [0.2, 0.25) is 0 Å². The van der Waals surface area contributed by atoms with Crippen molar-refractivity contribution in [3.63, 3.8) is 0 Å². The molecule has 3 nitrogen and oxygen atoms in total. The van der Waals surface area contributed by atoms with Gasteiger partial charge >= 0.3 is 0 Å². The SMILES string of the molecule is CC1=NN(c2ccccc2)C(=O)C1(C)C(C)[C]1[CH][CH][CH][CH]1. The number of hydrogen-bond acceptors (Lipinski definition) is 2. The molecular weight excluding hydrogens is 260 g/mol. The Hall–Kier alpha value is -1.64. The van der Waals surface area contributed by atoms with Gasteiger partial charge in [-0.3, -0.25) is 4.79 Å². The summed E-state index contributed by atoms with van der Waals surface area (Å²) in [5.74, 6) is 1.31. The van der Waals surface area contributed by atoms with Gasteiger partial charge in [-0.1, -0.05) is 25.1 Å². The number of hydrazone groups is 1. The van der Waals surface area contributed by atoms with Crippen molar-refractivity contribution in [2.75, 3.05) is 5.01 Å². The van der Waals surface area contributed by atoms with E-state index in [2.05, 4.69) is 24.9 Å². The largest absolute Gasteiger partial charge is 0.271 e. The fourth-order valence-corrected chi connectivity index (χ4v) is 2.93. The summed E-state index contributed by atoms with van der Waals surface area (Å²) in [6.07, 6.45) is 8.16. The molecule has 3 rings (SSSR count). The molecule has 0 saturated heterocycles. The monoisotopic (exact) mass is 279 g/mol. The van der Waals surface area contributed by atoms with Gasteiger partial charge in [0.2, 0.25) is 0 Å². The van der Waals surface area contributed by atoms with Crippen LogP contribution in [0.5, 0.6) is 0 Å². The third-order valence-electron chi connectivity index (χ3n) is 4.69. The summed E-state index contributed by atoms with van der Waals surface area (Å²) in [4.78, 5) is 13.0. The van der Waals surface area contributed by atoms with Crippen LogP contribution in [0.4, 0.5) is 5.69 Å². The number of nitrogens with zero attached hydrogens (tertiary/aromatic N) is 2. The number of hydrogen-bond donors (Lipinski definition) is 0. The van der Waals surface area contributed by atoms with Crippen molar-refractivity contribution >= 4 is 17.3 Å². The molecule has 1 aliphatic heterocycles. The van der Waals surface area contributed by atoms with Gasteiger partial charge in [-0.2, -0.15) is 10.1 Å². The maximum atomic E-state index is 13.0. The summed E-state index contributed by atoms with van der Waals surface area (Å²) >= 11 is 0. The van der Waals surface area contributed by atoms with E-state index in [0.717, 1.165) is 11.4 Å². The molecule has 1 aliphatic carbocycles. The summed E-state index contributed by atoms with van der Waals surface area (Å²) < 4.78 is 0. The molecule has 0 spiro atoms. The first kappa shape index (κ1) is 14.3. The molecule has 2 atom stereocenters. The van der Waals surface area contributed by atoms with Crippen molar-refractivity contribution < 1.29 is 4.79 Å². The minimum absolute atomic E-state index is 0.0416. The number of rotatable bonds is 3. The van der Waals surface area contributed by atoms with Crippen molar-refractivity contribution in [3.8, 4) is 0 Å². The van der Waals surface area contributed by atoms with Gasteiger partial charge in [0, 0.05) is 0 Å². The van der Waals surface area contributed by atoms with Crippen LogP contribution in [0.3, 0.4) is 0 Å². The van der Waals surface area contributed by atoms with E-state index in [1.165, 1.54) is 10.9 Å². The molecule has 5 radical (unpaired) electrons. The lowest BCUT2D eigenvalue weighted by atomic mass is 9.68. The van der Waals surface area contributed by atoms with E-state index in [4.69, 9.17) is 0 Å². The molecule has 1 aromatic carbocycles. The lowest BCUT2D eigenvalue weighted by Gasteiger charge is -2.33. The van der Waals surface area contributed by atoms with Gasteiger partial charge in [-0.15, -0.1) is 0 Å². The van der Waals surface area contributed by atoms with E-state index in [1.807, 2.05) is 57.0 Å². The highest BCUT2D eigenvalue weighted by atomic mass is 16.2. The third kappa shape index (κ3) is 2.19. The summed E-state index contributed by atoms with van der Waals surface area (Å²) in [5.41, 5.74) is 1.09. The highest BCUT2D eigenvalue weighted by Crippen LogP contribution is 2.46. The average molecular weight is 279 g/mol. The van der Waals surface area contributed by atoms with Crippen LogP contribution in [0.15, 0.2) is 35.4 Å². The minimum Gasteiger partial charge on any atom is -0.271 e. The molecular formula is C18H19N2O. The third-order valence-corrected chi connectivity index (χ3v) is 4.69. The van der Waals surface area contributed by atoms with Gasteiger partial charge in [-0.25, -0.2) is 0 Å². The van der Waals surface area contributed by atoms with Crippen molar-refractivity contribution in [3.05, 3.63) is 61.9 Å². The number of amides is 1. The Morgan fingerprint density at radius 1 is 1.14 bits per heavy atom. The van der Waals surface area contributed by atoms with Crippen molar-refractivity contribution in [2.45, 2.75) is 20.8 Å². The number of anilines is 1. The number of para-hydroxylation sites is 1. The Bertz CT molecular complexity index is 560. The van der Waals surface area contributed by atoms with Crippen LogP contribution in [0.1, 0.15) is 20.8 Å².